The van der Waals surface area contributed by atoms with Crippen molar-refractivity contribution in [2.24, 2.45) is 0 Å². The molecule has 0 saturated heterocycles. The lowest BCUT2D eigenvalue weighted by molar-refractivity contribution is 0.0593. The fourth-order valence-electron chi connectivity index (χ4n) is 2.02. The first-order valence-electron chi connectivity index (χ1n) is 6.20. The van der Waals surface area contributed by atoms with Crippen molar-refractivity contribution >= 4 is 33.1 Å². The number of nitriles is 1. The molecule has 0 spiro atoms. The van der Waals surface area contributed by atoms with Crippen LogP contribution in [-0.2, 0) is 14.6 Å². The number of nitrogens with two attached hydrogens (primary N) is 1. The van der Waals surface area contributed by atoms with Crippen molar-refractivity contribution in [2.75, 3.05) is 19.1 Å². The summed E-state index contributed by atoms with van der Waals surface area (Å²) in [6.45, 7) is 0. The first kappa shape index (κ1) is 16.9. The quantitative estimate of drug-likeness (QED) is 0.841. The van der Waals surface area contributed by atoms with E-state index in [4.69, 9.17) is 22.6 Å². The van der Waals surface area contributed by atoms with Crippen LogP contribution in [0.25, 0.3) is 5.69 Å². The van der Waals surface area contributed by atoms with Crippen molar-refractivity contribution in [3.05, 3.63) is 40.7 Å². The van der Waals surface area contributed by atoms with Gasteiger partial charge in [0.1, 0.15) is 6.07 Å². The monoisotopic (exact) mass is 353 g/mol. The Labute approximate surface area is 137 Å². The van der Waals surface area contributed by atoms with Gasteiger partial charge in [0, 0.05) is 12.5 Å². The molecule has 1 aromatic heterocycles. The molecule has 2 rings (SSSR count). The summed E-state index contributed by atoms with van der Waals surface area (Å²) in [5.74, 6) is -0.743. The number of aromatic nitrogens is 1. The predicted octanol–water partition coefficient (Wildman–Crippen LogP) is 1.77. The molecule has 9 heteroatoms. The van der Waals surface area contributed by atoms with Gasteiger partial charge in [-0.05, 0) is 18.2 Å². The number of rotatable bonds is 3. The zero-order valence-electron chi connectivity index (χ0n) is 12.2. The second-order valence-electron chi connectivity index (χ2n) is 4.66. The van der Waals surface area contributed by atoms with E-state index in [1.165, 1.54) is 36.1 Å². The third-order valence-corrected chi connectivity index (χ3v) is 4.56. The van der Waals surface area contributed by atoms with Crippen molar-refractivity contribution < 1.29 is 17.9 Å². The molecule has 2 aromatic rings. The Balaban J connectivity index is 2.73. The highest BCUT2D eigenvalue weighted by molar-refractivity contribution is 7.90. The number of esters is 1. The van der Waals surface area contributed by atoms with Gasteiger partial charge in [0.2, 0.25) is 0 Å². The van der Waals surface area contributed by atoms with Gasteiger partial charge in [-0.2, -0.15) is 5.26 Å². The van der Waals surface area contributed by atoms with Crippen LogP contribution in [0.2, 0.25) is 5.02 Å². The summed E-state index contributed by atoms with van der Waals surface area (Å²) in [4.78, 5) is 12.0. The smallest absolute Gasteiger partial charge is 0.357 e. The second kappa shape index (κ2) is 5.95. The number of carbonyl (C=O) groups is 1. The number of methoxy groups -OCH3 is 1. The SMILES string of the molecule is COC(=O)c1c(N)c(C#N)cn1-c1ccc(S(C)(=O)=O)cc1Cl. The third kappa shape index (κ3) is 3.02. The molecule has 120 valence electrons. The highest BCUT2D eigenvalue weighted by Crippen LogP contribution is 2.30. The van der Waals surface area contributed by atoms with Crippen molar-refractivity contribution in [1.29, 1.82) is 5.26 Å². The Kier molecular flexibility index (Phi) is 4.36. The molecule has 0 atom stereocenters. The van der Waals surface area contributed by atoms with Gasteiger partial charge in [0.05, 0.1) is 34.0 Å². The lowest BCUT2D eigenvalue weighted by Crippen LogP contribution is -2.11. The van der Waals surface area contributed by atoms with Gasteiger partial charge in [-0.3, -0.25) is 0 Å². The average Bonchev–Trinajstić information content (AvgIpc) is 2.82. The molecule has 0 fully saturated rings. The van der Waals surface area contributed by atoms with Crippen molar-refractivity contribution in [1.82, 2.24) is 4.57 Å². The average molecular weight is 354 g/mol. The van der Waals surface area contributed by atoms with Crippen LogP contribution in [-0.4, -0.2) is 32.3 Å². The number of hydrogen-bond acceptors (Lipinski definition) is 6. The molecular formula is C14H12ClN3O4S. The zero-order valence-corrected chi connectivity index (χ0v) is 13.8. The zero-order chi connectivity index (χ0) is 17.4. The number of sulfone groups is 1. The van der Waals surface area contributed by atoms with Gasteiger partial charge >= 0.3 is 5.97 Å². The first-order chi connectivity index (χ1) is 10.7. The van der Waals surface area contributed by atoms with Crippen LogP contribution in [0, 0.1) is 11.3 Å². The Bertz CT molecular complexity index is 942. The standard InChI is InChI=1S/C14H12ClN3O4S/c1-22-14(19)13-12(17)8(6-16)7-18(13)11-4-3-9(5-10(11)15)23(2,20)21/h3-5,7H,17H2,1-2H3. The second-order valence-corrected chi connectivity index (χ2v) is 7.09. The van der Waals surface area contributed by atoms with Crippen LogP contribution < -0.4 is 5.73 Å². The summed E-state index contributed by atoms with van der Waals surface area (Å²) in [7, 11) is -2.25. The molecule has 7 nitrogen and oxygen atoms in total. The highest BCUT2D eigenvalue weighted by atomic mass is 35.5. The molecule has 1 aromatic carbocycles. The minimum absolute atomic E-state index is 0.0338. The van der Waals surface area contributed by atoms with Crippen LogP contribution in [0.5, 0.6) is 0 Å². The highest BCUT2D eigenvalue weighted by Gasteiger charge is 2.23. The lowest BCUT2D eigenvalue weighted by atomic mass is 10.2. The van der Waals surface area contributed by atoms with E-state index < -0.39 is 15.8 Å². The van der Waals surface area contributed by atoms with Crippen molar-refractivity contribution in [3.63, 3.8) is 0 Å². The minimum Gasteiger partial charge on any atom is -0.464 e. The fraction of sp³-hybridized carbons (Fsp3) is 0.143. The number of anilines is 1. The molecule has 0 aliphatic rings. The molecule has 2 N–H and O–H groups in total. The number of nitrogen functional groups attached to an aromatic ring is 1. The summed E-state index contributed by atoms with van der Waals surface area (Å²) in [5.41, 5.74) is 6.07. The van der Waals surface area contributed by atoms with Crippen LogP contribution >= 0.6 is 11.6 Å². The fourth-order valence-corrected chi connectivity index (χ4v) is 3.00. The maximum atomic E-state index is 11.9. The van der Waals surface area contributed by atoms with E-state index in [0.29, 0.717) is 5.69 Å². The number of carbonyl (C=O) groups excluding carboxylic acids is 1. The molecule has 23 heavy (non-hydrogen) atoms. The molecule has 0 aliphatic carbocycles. The van der Waals surface area contributed by atoms with Crippen LogP contribution in [0.4, 0.5) is 5.69 Å². The van der Waals surface area contributed by atoms with Crippen molar-refractivity contribution in [2.45, 2.75) is 4.90 Å². The van der Waals surface area contributed by atoms with Crippen molar-refractivity contribution in [3.8, 4) is 11.8 Å². The molecule has 0 amide bonds. The molecule has 1 heterocycles. The van der Waals surface area contributed by atoms with E-state index in [9.17, 15) is 13.2 Å². The van der Waals surface area contributed by atoms with E-state index >= 15 is 0 Å². The van der Waals surface area contributed by atoms with Gasteiger partial charge < -0.3 is 15.0 Å². The lowest BCUT2D eigenvalue weighted by Gasteiger charge is -2.11. The van der Waals surface area contributed by atoms with Gasteiger partial charge in [-0.15, -0.1) is 0 Å². The number of nitrogens with zero attached hydrogens (tertiary/aromatic N) is 2. The van der Waals surface area contributed by atoms with Gasteiger partial charge in [-0.25, -0.2) is 13.2 Å². The summed E-state index contributed by atoms with van der Waals surface area (Å²) in [6.07, 6.45) is 2.39. The van der Waals surface area contributed by atoms with Crippen LogP contribution in [0.1, 0.15) is 16.1 Å². The maximum Gasteiger partial charge on any atom is 0.357 e. The maximum absolute atomic E-state index is 11.9. The predicted molar refractivity (Wildman–Crippen MR) is 84.4 cm³/mol. The molecule has 0 aliphatic heterocycles. The largest absolute Gasteiger partial charge is 0.464 e. The van der Waals surface area contributed by atoms with Gasteiger partial charge in [0.25, 0.3) is 0 Å². The number of halogens is 1. The van der Waals surface area contributed by atoms with E-state index in [0.717, 1.165) is 6.26 Å². The van der Waals surface area contributed by atoms with E-state index in [2.05, 4.69) is 4.74 Å². The van der Waals surface area contributed by atoms with Crippen LogP contribution in [0.15, 0.2) is 29.3 Å². The molecule has 0 radical (unpaired) electrons. The summed E-state index contributed by atoms with van der Waals surface area (Å²) < 4.78 is 29.1. The Morgan fingerprint density at radius 2 is 2.09 bits per heavy atom. The summed E-state index contributed by atoms with van der Waals surface area (Å²) >= 11 is 6.13. The van der Waals surface area contributed by atoms with E-state index in [1.54, 1.807) is 0 Å². The number of ether oxygens (including phenoxy) is 1. The Morgan fingerprint density at radius 3 is 2.57 bits per heavy atom. The molecular weight excluding hydrogens is 342 g/mol. The summed E-state index contributed by atoms with van der Waals surface area (Å²) in [5, 5.41) is 9.15. The van der Waals surface area contributed by atoms with Gasteiger partial charge in [-0.1, -0.05) is 11.6 Å². The number of hydrogen-bond donors (Lipinski definition) is 1. The minimum atomic E-state index is -3.43. The molecule has 0 bridgehead atoms. The molecule has 0 saturated carbocycles. The van der Waals surface area contributed by atoms with E-state index in [1.807, 2.05) is 6.07 Å². The topological polar surface area (TPSA) is 115 Å². The third-order valence-electron chi connectivity index (χ3n) is 3.15. The Morgan fingerprint density at radius 1 is 1.43 bits per heavy atom. The molecule has 0 unspecified atom stereocenters. The normalized spacial score (nSPS) is 11.0. The summed E-state index contributed by atoms with van der Waals surface area (Å²) in [6, 6.07) is 5.90. The van der Waals surface area contributed by atoms with Gasteiger partial charge in [0.15, 0.2) is 15.5 Å². The number of benzene rings is 1. The van der Waals surface area contributed by atoms with E-state index in [-0.39, 0.29) is 26.9 Å². The first-order valence-corrected chi connectivity index (χ1v) is 8.46. The Hall–Kier alpha value is -2.50. The van der Waals surface area contributed by atoms with Crippen LogP contribution in [0.3, 0.4) is 0 Å².